The van der Waals surface area contributed by atoms with E-state index in [1.807, 2.05) is 6.07 Å². The zero-order valence-electron chi connectivity index (χ0n) is 5.46. The summed E-state index contributed by atoms with van der Waals surface area (Å²) in [6, 6.07) is 5.32. The molecule has 2 aromatic heterocycles. The monoisotopic (exact) mass is 214 g/mol. The summed E-state index contributed by atoms with van der Waals surface area (Å²) < 4.78 is 14.9. The highest BCUT2D eigenvalue weighted by Gasteiger charge is 2.02. The van der Waals surface area contributed by atoms with Crippen molar-refractivity contribution in [1.29, 1.82) is 0 Å². The Labute approximate surface area is 70.8 Å². The number of hydrogen-bond donors (Lipinski definition) is 0. The maximum atomic E-state index is 12.9. The van der Waals surface area contributed by atoms with Crippen LogP contribution in [-0.2, 0) is 0 Å². The van der Waals surface area contributed by atoms with Gasteiger partial charge < -0.3 is 0 Å². The maximum absolute atomic E-state index is 12.9. The first-order valence-corrected chi connectivity index (χ1v) is 3.86. The molecule has 0 aromatic carbocycles. The van der Waals surface area contributed by atoms with Crippen molar-refractivity contribution in [1.82, 2.24) is 9.38 Å². The fourth-order valence-electron chi connectivity index (χ4n) is 0.961. The first kappa shape index (κ1) is 6.79. The van der Waals surface area contributed by atoms with Gasteiger partial charge >= 0.3 is 0 Å². The highest BCUT2D eigenvalue weighted by atomic mass is 79.9. The summed E-state index contributed by atoms with van der Waals surface area (Å²) in [6.07, 6.45) is 1.19. The molecule has 0 aliphatic rings. The average molecular weight is 215 g/mol. The summed E-state index contributed by atoms with van der Waals surface area (Å²) >= 11 is 3.21. The molecule has 0 spiro atoms. The third-order valence-corrected chi connectivity index (χ3v) is 2.06. The van der Waals surface area contributed by atoms with E-state index in [9.17, 15) is 4.39 Å². The lowest BCUT2D eigenvalue weighted by Gasteiger charge is -1.95. The van der Waals surface area contributed by atoms with Crippen LogP contribution < -0.4 is 0 Å². The number of imidazole rings is 1. The number of pyridine rings is 1. The predicted molar refractivity (Wildman–Crippen MR) is 42.9 cm³/mol. The largest absolute Gasteiger partial charge is 0.263 e. The molecule has 0 saturated heterocycles. The molecule has 4 heteroatoms. The van der Waals surface area contributed by atoms with Gasteiger partial charge in [0.05, 0.1) is 10.8 Å². The number of halogens is 2. The van der Waals surface area contributed by atoms with E-state index in [1.54, 1.807) is 12.1 Å². The number of nitrogens with zero attached hydrogens (tertiary/aromatic N) is 2. The summed E-state index contributed by atoms with van der Waals surface area (Å²) in [6.45, 7) is 0. The SMILES string of the molecule is Fc1cnc2cccc(Br)n12. The molecule has 2 rings (SSSR count). The molecule has 0 radical (unpaired) electrons. The van der Waals surface area contributed by atoms with Gasteiger partial charge in [-0.25, -0.2) is 4.98 Å². The Kier molecular flexibility index (Phi) is 1.42. The fraction of sp³-hybridized carbons (Fsp3) is 0. The molecular weight excluding hydrogens is 211 g/mol. The highest BCUT2D eigenvalue weighted by molar-refractivity contribution is 9.10. The van der Waals surface area contributed by atoms with Gasteiger partial charge in [0, 0.05) is 0 Å². The van der Waals surface area contributed by atoms with Crippen molar-refractivity contribution in [2.45, 2.75) is 0 Å². The molecule has 2 nitrogen and oxygen atoms in total. The van der Waals surface area contributed by atoms with Crippen LogP contribution in [0.3, 0.4) is 0 Å². The predicted octanol–water partition coefficient (Wildman–Crippen LogP) is 2.24. The maximum Gasteiger partial charge on any atom is 0.218 e. The van der Waals surface area contributed by atoms with Crippen molar-refractivity contribution in [2.24, 2.45) is 0 Å². The van der Waals surface area contributed by atoms with Crippen LogP contribution in [0, 0.1) is 5.95 Å². The van der Waals surface area contributed by atoms with Crippen molar-refractivity contribution >= 4 is 21.6 Å². The molecule has 0 bridgehead atoms. The Balaban J connectivity index is 2.96. The molecule has 56 valence electrons. The Morgan fingerprint density at radius 1 is 1.45 bits per heavy atom. The van der Waals surface area contributed by atoms with Crippen LogP contribution in [0.2, 0.25) is 0 Å². The van der Waals surface area contributed by atoms with Crippen molar-refractivity contribution in [2.75, 3.05) is 0 Å². The number of rotatable bonds is 0. The van der Waals surface area contributed by atoms with Gasteiger partial charge in [-0.2, -0.15) is 4.39 Å². The summed E-state index contributed by atoms with van der Waals surface area (Å²) in [5, 5.41) is 0. The number of hydrogen-bond acceptors (Lipinski definition) is 1. The van der Waals surface area contributed by atoms with Crippen LogP contribution in [0.15, 0.2) is 29.0 Å². The fourth-order valence-corrected chi connectivity index (χ4v) is 1.47. The second kappa shape index (κ2) is 2.30. The third kappa shape index (κ3) is 0.939. The summed E-state index contributed by atoms with van der Waals surface area (Å²) in [7, 11) is 0. The normalized spacial score (nSPS) is 10.7. The quantitative estimate of drug-likeness (QED) is 0.616. The van der Waals surface area contributed by atoms with E-state index < -0.39 is 0 Å². The first-order chi connectivity index (χ1) is 5.29. The molecule has 0 amide bonds. The molecule has 0 N–H and O–H groups in total. The van der Waals surface area contributed by atoms with Crippen molar-refractivity contribution < 1.29 is 4.39 Å². The Morgan fingerprint density at radius 2 is 2.27 bits per heavy atom. The van der Waals surface area contributed by atoms with E-state index >= 15 is 0 Å². The van der Waals surface area contributed by atoms with E-state index in [0.717, 1.165) is 0 Å². The molecule has 2 heterocycles. The van der Waals surface area contributed by atoms with Crippen LogP contribution >= 0.6 is 15.9 Å². The Morgan fingerprint density at radius 3 is 3.00 bits per heavy atom. The first-order valence-electron chi connectivity index (χ1n) is 3.06. The summed E-state index contributed by atoms with van der Waals surface area (Å²) in [5.41, 5.74) is 0.608. The summed E-state index contributed by atoms with van der Waals surface area (Å²) in [4.78, 5) is 3.84. The van der Waals surface area contributed by atoms with Gasteiger partial charge in [0.15, 0.2) is 0 Å². The second-order valence-corrected chi connectivity index (χ2v) is 2.94. The lowest BCUT2D eigenvalue weighted by atomic mass is 10.5. The van der Waals surface area contributed by atoms with Gasteiger partial charge in [-0.05, 0) is 28.1 Å². The zero-order valence-corrected chi connectivity index (χ0v) is 7.05. The Bertz CT molecular complexity index is 396. The van der Waals surface area contributed by atoms with Gasteiger partial charge in [-0.15, -0.1) is 0 Å². The Hall–Kier alpha value is -0.900. The average Bonchev–Trinajstić information content (AvgIpc) is 2.34. The molecule has 0 aliphatic heterocycles. The lowest BCUT2D eigenvalue weighted by molar-refractivity contribution is 0.570. The smallest absolute Gasteiger partial charge is 0.218 e. The summed E-state index contributed by atoms with van der Waals surface area (Å²) in [5.74, 6) is -0.354. The van der Waals surface area contributed by atoms with Crippen LogP contribution in [0.1, 0.15) is 0 Å². The minimum atomic E-state index is -0.354. The van der Waals surface area contributed by atoms with Crippen LogP contribution in [0.5, 0.6) is 0 Å². The van der Waals surface area contributed by atoms with Crippen LogP contribution in [0.4, 0.5) is 4.39 Å². The second-order valence-electron chi connectivity index (χ2n) is 2.12. The van der Waals surface area contributed by atoms with E-state index in [4.69, 9.17) is 0 Å². The molecule has 0 aliphatic carbocycles. The van der Waals surface area contributed by atoms with Gasteiger partial charge in [-0.3, -0.25) is 4.40 Å². The van der Waals surface area contributed by atoms with Crippen molar-refractivity contribution in [3.63, 3.8) is 0 Å². The molecule has 11 heavy (non-hydrogen) atoms. The van der Waals surface area contributed by atoms with E-state index in [2.05, 4.69) is 20.9 Å². The van der Waals surface area contributed by atoms with Gasteiger partial charge in [0.2, 0.25) is 5.95 Å². The van der Waals surface area contributed by atoms with E-state index in [0.29, 0.717) is 10.3 Å². The van der Waals surface area contributed by atoms with Crippen LogP contribution in [-0.4, -0.2) is 9.38 Å². The minimum absolute atomic E-state index is 0.354. The molecule has 2 aromatic rings. The lowest BCUT2D eigenvalue weighted by Crippen LogP contribution is -1.88. The standard InChI is InChI=1S/C7H4BrFN2/c8-5-2-1-3-7-10-4-6(9)11(5)7/h1-4H. The van der Waals surface area contributed by atoms with E-state index in [1.165, 1.54) is 10.6 Å². The molecule has 0 saturated carbocycles. The van der Waals surface area contributed by atoms with Crippen molar-refractivity contribution in [3.05, 3.63) is 34.9 Å². The van der Waals surface area contributed by atoms with Crippen molar-refractivity contribution in [3.8, 4) is 0 Å². The third-order valence-electron chi connectivity index (χ3n) is 1.44. The highest BCUT2D eigenvalue weighted by Crippen LogP contribution is 2.14. The zero-order chi connectivity index (χ0) is 7.84. The van der Waals surface area contributed by atoms with Gasteiger partial charge in [-0.1, -0.05) is 6.07 Å². The minimum Gasteiger partial charge on any atom is -0.263 e. The molecule has 0 fully saturated rings. The van der Waals surface area contributed by atoms with E-state index in [-0.39, 0.29) is 5.95 Å². The van der Waals surface area contributed by atoms with Gasteiger partial charge in [0.25, 0.3) is 0 Å². The van der Waals surface area contributed by atoms with Gasteiger partial charge in [0.1, 0.15) is 5.65 Å². The number of fused-ring (bicyclic) bond motifs is 1. The molecule has 0 unspecified atom stereocenters. The number of aromatic nitrogens is 2. The molecule has 0 atom stereocenters. The van der Waals surface area contributed by atoms with Crippen LogP contribution in [0.25, 0.3) is 5.65 Å². The topological polar surface area (TPSA) is 17.3 Å². The molecular formula is C7H4BrFN2.